The van der Waals surface area contributed by atoms with Gasteiger partial charge in [0.2, 0.25) is 5.91 Å². The first-order valence-corrected chi connectivity index (χ1v) is 10.5. The number of carbonyl (C=O) groups excluding carboxylic acids is 2. The molecular weight excluding hydrogens is 394 g/mol. The molecule has 0 spiro atoms. The SMILES string of the molecule is CCOC(=O)/C=C/c1ccc(NC(=O)C2CCN(c3nc4ccccc4o3)CC2)cc1. The zero-order chi connectivity index (χ0) is 21.6. The van der Waals surface area contributed by atoms with E-state index in [1.54, 1.807) is 13.0 Å². The number of aromatic nitrogens is 1. The van der Waals surface area contributed by atoms with Gasteiger partial charge in [-0.05, 0) is 55.7 Å². The van der Waals surface area contributed by atoms with E-state index >= 15 is 0 Å². The fourth-order valence-electron chi connectivity index (χ4n) is 3.60. The minimum absolute atomic E-state index is 0.0204. The Hall–Kier alpha value is -3.61. The van der Waals surface area contributed by atoms with E-state index in [1.807, 2.05) is 48.5 Å². The molecule has 1 aliphatic heterocycles. The van der Waals surface area contributed by atoms with Crippen LogP contribution in [0.2, 0.25) is 0 Å². The molecule has 1 aliphatic rings. The highest BCUT2D eigenvalue weighted by Crippen LogP contribution is 2.27. The molecule has 1 aromatic heterocycles. The van der Waals surface area contributed by atoms with Crippen LogP contribution in [-0.2, 0) is 14.3 Å². The molecule has 2 heterocycles. The second kappa shape index (κ2) is 9.47. The molecule has 1 saturated heterocycles. The van der Waals surface area contributed by atoms with Crippen molar-refractivity contribution in [3.05, 3.63) is 60.2 Å². The fraction of sp³-hybridized carbons (Fsp3) is 0.292. The first-order chi connectivity index (χ1) is 15.1. The van der Waals surface area contributed by atoms with Gasteiger partial charge >= 0.3 is 5.97 Å². The number of anilines is 2. The largest absolute Gasteiger partial charge is 0.463 e. The van der Waals surface area contributed by atoms with Crippen LogP contribution in [0.4, 0.5) is 11.7 Å². The van der Waals surface area contributed by atoms with Crippen LogP contribution >= 0.6 is 0 Å². The minimum Gasteiger partial charge on any atom is -0.463 e. The van der Waals surface area contributed by atoms with Gasteiger partial charge in [0.05, 0.1) is 6.61 Å². The molecule has 0 unspecified atom stereocenters. The molecule has 0 bridgehead atoms. The van der Waals surface area contributed by atoms with E-state index < -0.39 is 0 Å². The van der Waals surface area contributed by atoms with Gasteiger partial charge in [-0.25, -0.2) is 4.79 Å². The molecule has 1 N–H and O–H groups in total. The molecular formula is C24H25N3O4. The Morgan fingerprint density at radius 2 is 1.90 bits per heavy atom. The summed E-state index contributed by atoms with van der Waals surface area (Å²) in [5, 5.41) is 2.99. The molecule has 7 nitrogen and oxygen atoms in total. The number of benzene rings is 2. The number of nitrogens with zero attached hydrogens (tertiary/aromatic N) is 2. The summed E-state index contributed by atoms with van der Waals surface area (Å²) in [4.78, 5) is 30.7. The predicted octanol–water partition coefficient (Wildman–Crippen LogP) is 4.26. The molecule has 0 radical (unpaired) electrons. The van der Waals surface area contributed by atoms with Crippen LogP contribution in [0.5, 0.6) is 0 Å². The van der Waals surface area contributed by atoms with Gasteiger partial charge in [0.15, 0.2) is 5.58 Å². The lowest BCUT2D eigenvalue weighted by Gasteiger charge is -2.30. The number of piperidine rings is 1. The third-order valence-electron chi connectivity index (χ3n) is 5.30. The Labute approximate surface area is 180 Å². The highest BCUT2D eigenvalue weighted by Gasteiger charge is 2.27. The van der Waals surface area contributed by atoms with Crippen LogP contribution in [0.25, 0.3) is 17.2 Å². The maximum atomic E-state index is 12.7. The van der Waals surface area contributed by atoms with Gasteiger partial charge < -0.3 is 19.4 Å². The summed E-state index contributed by atoms with van der Waals surface area (Å²) in [7, 11) is 0. The Bertz CT molecular complexity index is 1050. The smallest absolute Gasteiger partial charge is 0.330 e. The van der Waals surface area contributed by atoms with Crippen molar-refractivity contribution >= 4 is 40.8 Å². The summed E-state index contributed by atoms with van der Waals surface area (Å²) in [6.45, 7) is 3.57. The van der Waals surface area contributed by atoms with Gasteiger partial charge in [0, 0.05) is 30.8 Å². The van der Waals surface area contributed by atoms with Crippen molar-refractivity contribution in [1.29, 1.82) is 0 Å². The summed E-state index contributed by atoms with van der Waals surface area (Å²) in [6.07, 6.45) is 4.56. The summed E-state index contributed by atoms with van der Waals surface area (Å²) in [5.41, 5.74) is 3.22. The lowest BCUT2D eigenvalue weighted by Crippen LogP contribution is -2.38. The number of carbonyl (C=O) groups is 2. The van der Waals surface area contributed by atoms with Crippen molar-refractivity contribution in [3.63, 3.8) is 0 Å². The number of para-hydroxylation sites is 2. The molecule has 1 amide bonds. The molecule has 4 rings (SSSR count). The van der Waals surface area contributed by atoms with Crippen LogP contribution in [0.1, 0.15) is 25.3 Å². The number of rotatable bonds is 6. The van der Waals surface area contributed by atoms with E-state index in [9.17, 15) is 9.59 Å². The van der Waals surface area contributed by atoms with E-state index in [-0.39, 0.29) is 17.8 Å². The second-order valence-corrected chi connectivity index (χ2v) is 7.42. The minimum atomic E-state index is -0.371. The van der Waals surface area contributed by atoms with Crippen LogP contribution < -0.4 is 10.2 Å². The number of ether oxygens (including phenoxy) is 1. The third-order valence-corrected chi connectivity index (χ3v) is 5.30. The summed E-state index contributed by atoms with van der Waals surface area (Å²) in [5.74, 6) is -0.403. The number of esters is 1. The van der Waals surface area contributed by atoms with Crippen LogP contribution in [0, 0.1) is 5.92 Å². The predicted molar refractivity (Wildman–Crippen MR) is 120 cm³/mol. The van der Waals surface area contributed by atoms with Gasteiger partial charge in [0.25, 0.3) is 6.01 Å². The maximum absolute atomic E-state index is 12.7. The highest BCUT2D eigenvalue weighted by atomic mass is 16.5. The Kier molecular flexibility index (Phi) is 6.31. The lowest BCUT2D eigenvalue weighted by molar-refractivity contribution is -0.137. The number of nitrogens with one attached hydrogen (secondary N) is 1. The average Bonchev–Trinajstić information content (AvgIpc) is 3.23. The highest BCUT2D eigenvalue weighted by molar-refractivity contribution is 5.93. The number of amides is 1. The monoisotopic (exact) mass is 419 g/mol. The second-order valence-electron chi connectivity index (χ2n) is 7.42. The molecule has 0 aliphatic carbocycles. The van der Waals surface area contributed by atoms with Crippen LogP contribution in [0.3, 0.4) is 0 Å². The van der Waals surface area contributed by atoms with Crippen molar-refractivity contribution < 1.29 is 18.7 Å². The Balaban J connectivity index is 1.29. The molecule has 1 fully saturated rings. The third kappa shape index (κ3) is 5.12. The van der Waals surface area contributed by atoms with E-state index in [0.29, 0.717) is 12.6 Å². The molecule has 7 heteroatoms. The van der Waals surface area contributed by atoms with E-state index in [2.05, 4.69) is 15.2 Å². The molecule has 0 saturated carbocycles. The van der Waals surface area contributed by atoms with E-state index in [4.69, 9.17) is 9.15 Å². The summed E-state index contributed by atoms with van der Waals surface area (Å²) in [6, 6.07) is 15.7. The first-order valence-electron chi connectivity index (χ1n) is 10.5. The zero-order valence-corrected chi connectivity index (χ0v) is 17.4. The van der Waals surface area contributed by atoms with Crippen molar-refractivity contribution in [1.82, 2.24) is 4.98 Å². The standard InChI is InChI=1S/C24H25N3O4/c1-2-30-22(28)12-9-17-7-10-19(11-8-17)25-23(29)18-13-15-27(16-14-18)24-26-20-5-3-4-6-21(20)31-24/h3-12,18H,2,13-16H2,1H3,(H,25,29)/b12-9+. The van der Waals surface area contributed by atoms with Crippen molar-refractivity contribution in [3.8, 4) is 0 Å². The number of fused-ring (bicyclic) bond motifs is 1. The number of oxazole rings is 1. The number of hydrogen-bond donors (Lipinski definition) is 1. The van der Waals surface area contributed by atoms with Crippen molar-refractivity contribution in [2.45, 2.75) is 19.8 Å². The molecule has 160 valence electrons. The van der Waals surface area contributed by atoms with E-state index in [0.717, 1.165) is 48.3 Å². The molecule has 31 heavy (non-hydrogen) atoms. The molecule has 2 aromatic carbocycles. The van der Waals surface area contributed by atoms with Crippen LogP contribution in [-0.4, -0.2) is 36.6 Å². The van der Waals surface area contributed by atoms with Gasteiger partial charge in [-0.2, -0.15) is 4.98 Å². The maximum Gasteiger partial charge on any atom is 0.330 e. The fourth-order valence-corrected chi connectivity index (χ4v) is 3.60. The quantitative estimate of drug-likeness (QED) is 0.475. The Morgan fingerprint density at radius 3 is 2.61 bits per heavy atom. The molecule has 0 atom stereocenters. The topological polar surface area (TPSA) is 84.7 Å². The van der Waals surface area contributed by atoms with Crippen LogP contribution in [0.15, 0.2) is 59.0 Å². The van der Waals surface area contributed by atoms with Gasteiger partial charge in [-0.3, -0.25) is 4.79 Å². The Morgan fingerprint density at radius 1 is 1.16 bits per heavy atom. The van der Waals surface area contributed by atoms with Crippen molar-refractivity contribution in [2.24, 2.45) is 5.92 Å². The zero-order valence-electron chi connectivity index (χ0n) is 17.4. The van der Waals surface area contributed by atoms with Gasteiger partial charge in [-0.15, -0.1) is 0 Å². The summed E-state index contributed by atoms with van der Waals surface area (Å²) >= 11 is 0. The summed E-state index contributed by atoms with van der Waals surface area (Å²) < 4.78 is 10.7. The van der Waals surface area contributed by atoms with E-state index in [1.165, 1.54) is 6.08 Å². The number of hydrogen-bond acceptors (Lipinski definition) is 6. The normalized spacial score (nSPS) is 14.8. The van der Waals surface area contributed by atoms with Gasteiger partial charge in [-0.1, -0.05) is 24.3 Å². The average molecular weight is 419 g/mol. The van der Waals surface area contributed by atoms with Gasteiger partial charge in [0.1, 0.15) is 5.52 Å². The lowest BCUT2D eigenvalue weighted by atomic mass is 9.96. The molecule has 3 aromatic rings. The van der Waals surface area contributed by atoms with Crippen molar-refractivity contribution in [2.75, 3.05) is 29.9 Å². The first kappa shape index (κ1) is 20.7.